The Labute approximate surface area is 311 Å². The summed E-state index contributed by atoms with van der Waals surface area (Å²) in [6, 6.07) is 48.2. The number of aromatic nitrogens is 1. The zero-order chi connectivity index (χ0) is 35.9. The Morgan fingerprint density at radius 2 is 1.34 bits per heavy atom. The van der Waals surface area contributed by atoms with E-state index in [2.05, 4.69) is 180 Å². The molecule has 0 fully saturated rings. The van der Waals surface area contributed by atoms with Gasteiger partial charge in [0, 0.05) is 33.6 Å². The van der Waals surface area contributed by atoms with Crippen LogP contribution in [0.25, 0.3) is 55.3 Å². The van der Waals surface area contributed by atoms with Gasteiger partial charge in [-0.15, -0.1) is 0 Å². The van der Waals surface area contributed by atoms with E-state index in [0.29, 0.717) is 0 Å². The van der Waals surface area contributed by atoms with Crippen molar-refractivity contribution in [3.05, 3.63) is 200 Å². The summed E-state index contributed by atoms with van der Waals surface area (Å²) in [5.41, 5.74) is 13.6. The number of benzene rings is 6. The van der Waals surface area contributed by atoms with E-state index in [9.17, 15) is 0 Å². The first-order chi connectivity index (χ1) is 26.2. The molecule has 53 heavy (non-hydrogen) atoms. The highest BCUT2D eigenvalue weighted by Crippen LogP contribution is 2.57. The van der Waals surface area contributed by atoms with Gasteiger partial charge in [-0.2, -0.15) is 0 Å². The van der Waals surface area contributed by atoms with Crippen LogP contribution in [0.2, 0.25) is 0 Å². The van der Waals surface area contributed by atoms with Crippen LogP contribution in [0.3, 0.4) is 0 Å². The summed E-state index contributed by atoms with van der Waals surface area (Å²) in [6.07, 6.45) is 17.2. The number of hydrogen-bond donors (Lipinski definition) is 0. The maximum atomic E-state index is 6.44. The van der Waals surface area contributed by atoms with E-state index in [1.807, 2.05) is 25.2 Å². The predicted octanol–water partition coefficient (Wildman–Crippen LogP) is 13.0. The minimum absolute atomic E-state index is 0.0757. The van der Waals surface area contributed by atoms with Crippen LogP contribution in [0.5, 0.6) is 5.75 Å². The molecular weight excluding hydrogens is 645 g/mol. The monoisotopic (exact) mass is 684 g/mol. The van der Waals surface area contributed by atoms with Crippen molar-refractivity contribution in [1.82, 2.24) is 4.57 Å². The van der Waals surface area contributed by atoms with Gasteiger partial charge in [0.2, 0.25) is 0 Å². The van der Waals surface area contributed by atoms with Crippen molar-refractivity contribution in [3.63, 3.8) is 0 Å². The fourth-order valence-electron chi connectivity index (χ4n) is 8.30. The van der Waals surface area contributed by atoms with Crippen molar-refractivity contribution >= 4 is 38.8 Å². The van der Waals surface area contributed by atoms with Gasteiger partial charge in [0.15, 0.2) is 5.75 Å². The van der Waals surface area contributed by atoms with Crippen LogP contribution in [0.15, 0.2) is 189 Å². The summed E-state index contributed by atoms with van der Waals surface area (Å²) in [4.78, 5) is 2.48. The maximum absolute atomic E-state index is 6.44. The average molecular weight is 685 g/mol. The van der Waals surface area contributed by atoms with Gasteiger partial charge in [-0.3, -0.25) is 0 Å². The molecule has 0 bridgehead atoms. The molecule has 2 unspecified atom stereocenters. The van der Waals surface area contributed by atoms with E-state index < -0.39 is 0 Å². The van der Waals surface area contributed by atoms with Gasteiger partial charge >= 0.3 is 0 Å². The lowest BCUT2D eigenvalue weighted by atomic mass is 9.84. The van der Waals surface area contributed by atoms with Crippen molar-refractivity contribution in [2.45, 2.75) is 18.9 Å². The lowest BCUT2D eigenvalue weighted by Crippen LogP contribution is -2.28. The molecule has 2 heterocycles. The zero-order valence-electron chi connectivity index (χ0n) is 30.0. The number of rotatable bonds is 8. The summed E-state index contributed by atoms with van der Waals surface area (Å²) >= 11 is 0. The normalized spacial score (nSPS) is 16.2. The second kappa shape index (κ2) is 13.5. The van der Waals surface area contributed by atoms with Gasteiger partial charge in [0.05, 0.1) is 29.9 Å². The molecule has 0 saturated carbocycles. The first-order valence-electron chi connectivity index (χ1n) is 18.3. The highest BCUT2D eigenvalue weighted by molar-refractivity contribution is 6.10. The van der Waals surface area contributed by atoms with Crippen LogP contribution in [0.4, 0.5) is 11.4 Å². The number of hydrogen-bond acceptors (Lipinski definition) is 2. The van der Waals surface area contributed by atoms with Crippen LogP contribution < -0.4 is 9.64 Å². The van der Waals surface area contributed by atoms with Crippen LogP contribution >= 0.6 is 0 Å². The van der Waals surface area contributed by atoms with Gasteiger partial charge in [-0.1, -0.05) is 146 Å². The Bertz CT molecular complexity index is 2620. The summed E-state index contributed by atoms with van der Waals surface area (Å²) < 4.78 is 8.83. The van der Waals surface area contributed by atoms with Crippen molar-refractivity contribution in [2.24, 2.45) is 0 Å². The first kappa shape index (κ1) is 32.3. The van der Waals surface area contributed by atoms with Gasteiger partial charge in [0.25, 0.3) is 0 Å². The van der Waals surface area contributed by atoms with E-state index in [0.717, 1.165) is 39.5 Å². The SMILES string of the molecule is C=C(/C=C\C=C/C)c1cc(-c2ccc3c4ccccc4n(-c4ccccc4)c3c2)c2c(c1OC)N(c1ccc(-c3ccccc3)cc1)C1C=CC=CC21. The topological polar surface area (TPSA) is 17.4 Å². The lowest BCUT2D eigenvalue weighted by molar-refractivity contribution is 0.414. The molecule has 3 heteroatoms. The lowest BCUT2D eigenvalue weighted by Gasteiger charge is -2.30. The Morgan fingerprint density at radius 3 is 2.11 bits per heavy atom. The molecule has 1 aliphatic carbocycles. The fraction of sp³-hybridized carbons (Fsp3) is 0.0800. The Kier molecular flexibility index (Phi) is 8.25. The zero-order valence-corrected chi connectivity index (χ0v) is 30.0. The van der Waals surface area contributed by atoms with Crippen LogP contribution in [0.1, 0.15) is 24.0 Å². The van der Waals surface area contributed by atoms with Gasteiger partial charge in [0.1, 0.15) is 0 Å². The van der Waals surface area contributed by atoms with Crippen LogP contribution in [0, 0.1) is 0 Å². The predicted molar refractivity (Wildman–Crippen MR) is 225 cm³/mol. The van der Waals surface area contributed by atoms with Gasteiger partial charge in [-0.25, -0.2) is 0 Å². The van der Waals surface area contributed by atoms with E-state index in [1.54, 1.807) is 7.11 Å². The molecule has 0 radical (unpaired) electrons. The molecule has 0 amide bonds. The summed E-state index contributed by atoms with van der Waals surface area (Å²) in [6.45, 7) is 6.60. The third-order valence-electron chi connectivity index (χ3n) is 10.7. The number of methoxy groups -OCH3 is 1. The summed E-state index contributed by atoms with van der Waals surface area (Å²) in [5, 5.41) is 2.47. The number of ether oxygens (including phenoxy) is 1. The molecule has 2 aliphatic rings. The summed E-state index contributed by atoms with van der Waals surface area (Å²) in [7, 11) is 1.79. The highest BCUT2D eigenvalue weighted by atomic mass is 16.5. The van der Waals surface area contributed by atoms with Crippen LogP contribution in [-0.2, 0) is 0 Å². The van der Waals surface area contributed by atoms with Crippen molar-refractivity contribution in [3.8, 4) is 33.7 Å². The largest absolute Gasteiger partial charge is 0.494 e. The molecule has 7 aromatic rings. The molecule has 0 N–H and O–H groups in total. The van der Waals surface area contributed by atoms with Crippen molar-refractivity contribution in [2.75, 3.05) is 12.0 Å². The summed E-state index contributed by atoms with van der Waals surface area (Å²) in [5.74, 6) is 0.950. The maximum Gasteiger partial charge on any atom is 0.150 e. The number of anilines is 2. The number of fused-ring (bicyclic) bond motifs is 6. The second-order valence-electron chi connectivity index (χ2n) is 13.7. The molecule has 1 aliphatic heterocycles. The Balaban J connectivity index is 1.31. The standard InChI is InChI=1S/C50H40N2O/c1-4-5-8-17-34(2)43-33-44(37-28-31-41-40-22-13-15-24-45(40)51(47(41)32-37)38-20-11-7-12-21-38)48-42-23-14-16-25-46(42)52(49(48)50(43)53-3)39-29-26-36(27-30-39)35-18-9-6-10-19-35/h4-33,42,46H,2H2,1,3H3/b5-4-,17-8-. The number of allylic oxidation sites excluding steroid dienone is 7. The van der Waals surface area contributed by atoms with E-state index >= 15 is 0 Å². The number of para-hydroxylation sites is 2. The fourth-order valence-corrected chi connectivity index (χ4v) is 8.30. The third kappa shape index (κ3) is 5.44. The molecule has 6 aromatic carbocycles. The van der Waals surface area contributed by atoms with Gasteiger partial charge < -0.3 is 14.2 Å². The number of nitrogens with zero attached hydrogens (tertiary/aromatic N) is 2. The minimum Gasteiger partial charge on any atom is -0.494 e. The first-order valence-corrected chi connectivity index (χ1v) is 18.3. The quantitative estimate of drug-likeness (QED) is 0.148. The molecule has 2 atom stereocenters. The Hall–Kier alpha value is -6.58. The third-order valence-corrected chi connectivity index (χ3v) is 10.7. The van der Waals surface area contributed by atoms with Gasteiger partial charge in [-0.05, 0) is 82.8 Å². The Morgan fingerprint density at radius 1 is 0.660 bits per heavy atom. The van der Waals surface area contributed by atoms with Crippen LogP contribution in [-0.4, -0.2) is 17.7 Å². The molecule has 3 nitrogen and oxygen atoms in total. The van der Waals surface area contributed by atoms with E-state index in [1.165, 1.54) is 44.1 Å². The molecular formula is C50H40N2O. The molecule has 256 valence electrons. The van der Waals surface area contributed by atoms with Crippen molar-refractivity contribution in [1.29, 1.82) is 0 Å². The van der Waals surface area contributed by atoms with E-state index in [-0.39, 0.29) is 12.0 Å². The minimum atomic E-state index is 0.0757. The second-order valence-corrected chi connectivity index (χ2v) is 13.7. The van der Waals surface area contributed by atoms with Crippen molar-refractivity contribution < 1.29 is 4.74 Å². The molecule has 1 aromatic heterocycles. The molecule has 0 saturated heterocycles. The average Bonchev–Trinajstić information content (AvgIpc) is 3.74. The molecule has 0 spiro atoms. The van der Waals surface area contributed by atoms with E-state index in [4.69, 9.17) is 4.74 Å². The highest BCUT2D eigenvalue weighted by Gasteiger charge is 2.42. The smallest absolute Gasteiger partial charge is 0.150 e. The molecule has 9 rings (SSSR count).